The highest BCUT2D eigenvalue weighted by Crippen LogP contribution is 2.14. The van der Waals surface area contributed by atoms with Crippen LogP contribution in [-0.4, -0.2) is 57.6 Å². The van der Waals surface area contributed by atoms with Gasteiger partial charge in [0.1, 0.15) is 5.60 Å². The molecular formula is C18H29IN6O2S. The number of thiazole rings is 1. The molecule has 8 nitrogen and oxygen atoms in total. The number of imidazole rings is 1. The molecule has 0 saturated carbocycles. The van der Waals surface area contributed by atoms with Crippen LogP contribution >= 0.6 is 35.3 Å². The molecule has 28 heavy (non-hydrogen) atoms. The second-order valence-electron chi connectivity index (χ2n) is 7.57. The molecule has 1 unspecified atom stereocenters. The summed E-state index contributed by atoms with van der Waals surface area (Å²) in [5.41, 5.74) is 0.455. The van der Waals surface area contributed by atoms with E-state index >= 15 is 0 Å². The first-order valence-corrected chi connectivity index (χ1v) is 10.2. The number of hydrogen-bond acceptors (Lipinski definition) is 5. The van der Waals surface area contributed by atoms with Crippen molar-refractivity contribution in [2.45, 2.75) is 52.3 Å². The van der Waals surface area contributed by atoms with Gasteiger partial charge in [-0.2, -0.15) is 0 Å². The molecule has 1 aliphatic rings. The van der Waals surface area contributed by atoms with Gasteiger partial charge in [0, 0.05) is 37.4 Å². The zero-order valence-electron chi connectivity index (χ0n) is 16.8. The fraction of sp³-hybridized carbons (Fsp3) is 0.611. The second kappa shape index (κ2) is 9.77. The molecule has 3 rings (SSSR count). The smallest absolute Gasteiger partial charge is 0.407 e. The van der Waals surface area contributed by atoms with Crippen molar-refractivity contribution < 1.29 is 9.53 Å². The van der Waals surface area contributed by atoms with Crippen LogP contribution in [0.3, 0.4) is 0 Å². The number of guanidine groups is 1. The standard InChI is InChI=1S/C18H28N6O2S.HI/c1-5-19-15(20-10-14-12-24-8-9-27-16(24)21-14)23-7-6-13(11-23)22-17(25)26-18(2,3)4;/h8-9,12-13H,5-7,10-11H2,1-4H3,(H,19,20)(H,22,25);1H. The molecule has 2 aromatic rings. The van der Waals surface area contributed by atoms with Gasteiger partial charge in [-0.05, 0) is 34.1 Å². The summed E-state index contributed by atoms with van der Waals surface area (Å²) < 4.78 is 7.36. The van der Waals surface area contributed by atoms with E-state index in [-0.39, 0.29) is 36.1 Å². The molecule has 0 radical (unpaired) electrons. The minimum atomic E-state index is -0.489. The molecular weight excluding hydrogens is 491 g/mol. The molecule has 0 bridgehead atoms. The number of halogens is 1. The molecule has 1 aliphatic heterocycles. The number of likely N-dealkylation sites (tertiary alicyclic amines) is 1. The third-order valence-corrected chi connectivity index (χ3v) is 4.85. The van der Waals surface area contributed by atoms with E-state index in [1.165, 1.54) is 0 Å². The summed E-state index contributed by atoms with van der Waals surface area (Å²) in [6, 6.07) is 0.0571. The quantitative estimate of drug-likeness (QED) is 0.368. The number of alkyl carbamates (subject to hydrolysis) is 1. The fourth-order valence-electron chi connectivity index (χ4n) is 2.98. The lowest BCUT2D eigenvalue weighted by Crippen LogP contribution is -2.44. The Balaban J connectivity index is 0.00000280. The van der Waals surface area contributed by atoms with Gasteiger partial charge in [0.2, 0.25) is 0 Å². The van der Waals surface area contributed by atoms with E-state index < -0.39 is 5.60 Å². The lowest BCUT2D eigenvalue weighted by Gasteiger charge is -2.23. The van der Waals surface area contributed by atoms with Crippen molar-refractivity contribution in [3.63, 3.8) is 0 Å². The van der Waals surface area contributed by atoms with Crippen LogP contribution in [0.15, 0.2) is 22.8 Å². The minimum Gasteiger partial charge on any atom is -0.444 e. The topological polar surface area (TPSA) is 83.3 Å². The van der Waals surface area contributed by atoms with E-state index in [1.807, 2.05) is 42.9 Å². The molecule has 1 atom stereocenters. The molecule has 0 spiro atoms. The number of carbonyl (C=O) groups is 1. The number of amides is 1. The number of ether oxygens (including phenoxy) is 1. The van der Waals surface area contributed by atoms with Crippen LogP contribution in [0.5, 0.6) is 0 Å². The molecule has 0 aliphatic carbocycles. The number of carbonyl (C=O) groups excluding carboxylic acids is 1. The summed E-state index contributed by atoms with van der Waals surface area (Å²) in [4.78, 5) is 24.4. The number of rotatable bonds is 4. The SMILES string of the molecule is CCNC(=NCc1cn2ccsc2n1)N1CCC(NC(=O)OC(C)(C)C)C1.I. The molecule has 2 aromatic heterocycles. The Morgan fingerprint density at radius 2 is 2.25 bits per heavy atom. The van der Waals surface area contributed by atoms with Crippen molar-refractivity contribution >= 4 is 52.3 Å². The maximum Gasteiger partial charge on any atom is 0.407 e. The van der Waals surface area contributed by atoms with Gasteiger partial charge in [-0.15, -0.1) is 35.3 Å². The predicted octanol–water partition coefficient (Wildman–Crippen LogP) is 3.08. The first-order chi connectivity index (χ1) is 12.8. The highest BCUT2D eigenvalue weighted by molar-refractivity contribution is 14.0. The molecule has 3 heterocycles. The predicted molar refractivity (Wildman–Crippen MR) is 123 cm³/mol. The average Bonchev–Trinajstić information content (AvgIpc) is 3.25. The van der Waals surface area contributed by atoms with Crippen molar-refractivity contribution in [2.75, 3.05) is 19.6 Å². The van der Waals surface area contributed by atoms with Gasteiger partial charge in [0.25, 0.3) is 0 Å². The van der Waals surface area contributed by atoms with Crippen molar-refractivity contribution in [1.82, 2.24) is 24.9 Å². The summed E-state index contributed by atoms with van der Waals surface area (Å²) in [6.07, 6.45) is 4.51. The summed E-state index contributed by atoms with van der Waals surface area (Å²) >= 11 is 1.61. The Bertz CT molecular complexity index is 784. The number of nitrogens with zero attached hydrogens (tertiary/aromatic N) is 4. The van der Waals surface area contributed by atoms with Crippen LogP contribution in [0.2, 0.25) is 0 Å². The second-order valence-corrected chi connectivity index (χ2v) is 8.45. The maximum atomic E-state index is 12.0. The van der Waals surface area contributed by atoms with Gasteiger partial charge in [0.05, 0.1) is 18.3 Å². The first-order valence-electron chi connectivity index (χ1n) is 9.28. The van der Waals surface area contributed by atoms with Crippen LogP contribution in [-0.2, 0) is 11.3 Å². The molecule has 0 aromatic carbocycles. The number of fused-ring (bicyclic) bond motifs is 1. The monoisotopic (exact) mass is 520 g/mol. The normalized spacial score (nSPS) is 17.5. The number of hydrogen-bond donors (Lipinski definition) is 2. The zero-order chi connectivity index (χ0) is 19.4. The lowest BCUT2D eigenvalue weighted by molar-refractivity contribution is 0.0507. The number of aromatic nitrogens is 2. The number of nitrogens with one attached hydrogen (secondary N) is 2. The number of aliphatic imine (C=N–C) groups is 1. The van der Waals surface area contributed by atoms with Crippen molar-refractivity contribution in [3.05, 3.63) is 23.5 Å². The summed E-state index contributed by atoms with van der Waals surface area (Å²) in [7, 11) is 0. The molecule has 2 N–H and O–H groups in total. The van der Waals surface area contributed by atoms with Crippen molar-refractivity contribution in [2.24, 2.45) is 4.99 Å². The maximum absolute atomic E-state index is 12.0. The Morgan fingerprint density at radius 1 is 1.46 bits per heavy atom. The minimum absolute atomic E-state index is 0. The largest absolute Gasteiger partial charge is 0.444 e. The van der Waals surface area contributed by atoms with Crippen LogP contribution in [0, 0.1) is 0 Å². The van der Waals surface area contributed by atoms with Gasteiger partial charge >= 0.3 is 6.09 Å². The Hall–Kier alpha value is -1.56. The Labute approximate surface area is 186 Å². The average molecular weight is 520 g/mol. The lowest BCUT2D eigenvalue weighted by atomic mass is 10.2. The van der Waals surface area contributed by atoms with E-state index in [0.29, 0.717) is 13.1 Å². The molecule has 1 saturated heterocycles. The van der Waals surface area contributed by atoms with E-state index in [4.69, 9.17) is 9.73 Å². The highest BCUT2D eigenvalue weighted by Gasteiger charge is 2.27. The van der Waals surface area contributed by atoms with E-state index in [9.17, 15) is 4.79 Å². The van der Waals surface area contributed by atoms with E-state index in [1.54, 1.807) is 11.3 Å². The molecule has 156 valence electrons. The molecule has 10 heteroatoms. The summed E-state index contributed by atoms with van der Waals surface area (Å²) in [5.74, 6) is 0.849. The molecule has 1 amide bonds. The van der Waals surface area contributed by atoms with E-state index in [2.05, 4.69) is 27.4 Å². The van der Waals surface area contributed by atoms with Crippen molar-refractivity contribution in [1.29, 1.82) is 0 Å². The van der Waals surface area contributed by atoms with E-state index in [0.717, 1.165) is 36.1 Å². The zero-order valence-corrected chi connectivity index (χ0v) is 19.9. The van der Waals surface area contributed by atoms with Gasteiger partial charge in [0.15, 0.2) is 10.9 Å². The van der Waals surface area contributed by atoms with Gasteiger partial charge < -0.3 is 20.3 Å². The third-order valence-electron chi connectivity index (χ3n) is 4.08. The van der Waals surface area contributed by atoms with Crippen LogP contribution in [0.1, 0.15) is 39.8 Å². The third kappa shape index (κ3) is 6.23. The van der Waals surface area contributed by atoms with Crippen LogP contribution < -0.4 is 10.6 Å². The van der Waals surface area contributed by atoms with Crippen LogP contribution in [0.25, 0.3) is 4.96 Å². The van der Waals surface area contributed by atoms with Crippen LogP contribution in [0.4, 0.5) is 4.79 Å². The summed E-state index contributed by atoms with van der Waals surface area (Å²) in [6.45, 7) is 10.5. The fourth-order valence-corrected chi connectivity index (χ4v) is 3.70. The highest BCUT2D eigenvalue weighted by atomic mass is 127. The first kappa shape index (κ1) is 22.7. The summed E-state index contributed by atoms with van der Waals surface area (Å²) in [5, 5.41) is 8.30. The van der Waals surface area contributed by atoms with Crippen molar-refractivity contribution in [3.8, 4) is 0 Å². The Kier molecular flexibility index (Phi) is 7.93. The van der Waals surface area contributed by atoms with Gasteiger partial charge in [-0.3, -0.25) is 4.40 Å². The van der Waals surface area contributed by atoms with Gasteiger partial charge in [-0.25, -0.2) is 14.8 Å². The van der Waals surface area contributed by atoms with Gasteiger partial charge in [-0.1, -0.05) is 0 Å². The Morgan fingerprint density at radius 3 is 2.93 bits per heavy atom. The molecule has 1 fully saturated rings.